The van der Waals surface area contributed by atoms with Gasteiger partial charge in [0.15, 0.2) is 0 Å². The Labute approximate surface area is 237 Å². The van der Waals surface area contributed by atoms with Gasteiger partial charge in [-0.1, -0.05) is 41.4 Å². The molecular weight excluding hydrogens is 559 g/mol. The van der Waals surface area contributed by atoms with Gasteiger partial charge in [0.1, 0.15) is 12.3 Å². The molecule has 1 amide bonds. The van der Waals surface area contributed by atoms with Crippen LogP contribution in [0, 0.1) is 13.8 Å². The Balaban J connectivity index is 1.56. The molecule has 0 spiro atoms. The van der Waals surface area contributed by atoms with E-state index < -0.39 is 22.5 Å². The molecule has 39 heavy (non-hydrogen) atoms. The van der Waals surface area contributed by atoms with Gasteiger partial charge in [0.25, 0.3) is 15.9 Å². The largest absolute Gasteiger partial charge is 0.497 e. The molecule has 202 valence electrons. The topological polar surface area (TPSA) is 93.0 Å². The molecule has 0 saturated carbocycles. The lowest BCUT2D eigenvalue weighted by molar-refractivity contribution is -0.119. The number of benzene rings is 3. The van der Waals surface area contributed by atoms with Crippen molar-refractivity contribution >= 4 is 51.0 Å². The minimum absolute atomic E-state index is 0.0595. The van der Waals surface area contributed by atoms with Crippen molar-refractivity contribution in [1.29, 1.82) is 0 Å². The van der Waals surface area contributed by atoms with Crippen molar-refractivity contribution in [3.05, 3.63) is 106 Å². The SMILES string of the molecule is COc1ccc(N(CC(=O)N/N=C/c2cc(C)n(-c3cc(Cl)ccc3Cl)c2C)S(=O)(=O)c2ccccc2)cc1. The number of rotatable bonds is 9. The number of nitrogens with zero attached hydrogens (tertiary/aromatic N) is 3. The number of aromatic nitrogens is 1. The van der Waals surface area contributed by atoms with E-state index in [1.54, 1.807) is 60.7 Å². The van der Waals surface area contributed by atoms with Crippen LogP contribution in [0.1, 0.15) is 17.0 Å². The van der Waals surface area contributed by atoms with Gasteiger partial charge in [-0.2, -0.15) is 5.10 Å². The molecule has 11 heteroatoms. The van der Waals surface area contributed by atoms with Gasteiger partial charge < -0.3 is 9.30 Å². The second kappa shape index (κ2) is 11.9. The number of sulfonamides is 1. The van der Waals surface area contributed by atoms with Gasteiger partial charge in [-0.15, -0.1) is 0 Å². The predicted octanol–water partition coefficient (Wildman–Crippen LogP) is 5.76. The molecule has 0 saturated heterocycles. The number of amides is 1. The summed E-state index contributed by atoms with van der Waals surface area (Å²) in [4.78, 5) is 12.9. The monoisotopic (exact) mass is 584 g/mol. The van der Waals surface area contributed by atoms with E-state index in [1.807, 2.05) is 24.5 Å². The summed E-state index contributed by atoms with van der Waals surface area (Å²) < 4.78 is 35.0. The lowest BCUT2D eigenvalue weighted by Crippen LogP contribution is -2.39. The number of hydrogen-bond acceptors (Lipinski definition) is 5. The summed E-state index contributed by atoms with van der Waals surface area (Å²) in [6.45, 7) is 3.32. The molecule has 4 aromatic rings. The third kappa shape index (κ3) is 6.27. The molecule has 1 aromatic heterocycles. The number of ether oxygens (including phenoxy) is 1. The van der Waals surface area contributed by atoms with Crippen molar-refractivity contribution in [2.45, 2.75) is 18.7 Å². The Hall–Kier alpha value is -3.79. The van der Waals surface area contributed by atoms with Crippen LogP contribution < -0.4 is 14.5 Å². The maximum absolute atomic E-state index is 13.4. The highest BCUT2D eigenvalue weighted by Gasteiger charge is 2.27. The Morgan fingerprint density at radius 3 is 2.38 bits per heavy atom. The van der Waals surface area contributed by atoms with E-state index in [-0.39, 0.29) is 4.90 Å². The average molecular weight is 586 g/mol. The first-order valence-corrected chi connectivity index (χ1v) is 14.0. The van der Waals surface area contributed by atoms with Crippen molar-refractivity contribution in [3.8, 4) is 11.4 Å². The maximum atomic E-state index is 13.4. The molecule has 3 aromatic carbocycles. The number of carbonyl (C=O) groups is 1. The standard InChI is InChI=1S/C28H26Cl2N4O4S/c1-19-15-21(20(2)34(19)27-16-22(29)9-14-26(27)30)17-31-32-28(35)18-33(23-10-12-24(38-3)13-11-23)39(36,37)25-7-5-4-6-8-25/h4-17H,18H2,1-3H3,(H,32,35)/b31-17+. The molecule has 0 aliphatic carbocycles. The van der Waals surface area contributed by atoms with Crippen LogP contribution in [0.2, 0.25) is 10.0 Å². The molecule has 0 fully saturated rings. The molecule has 0 radical (unpaired) electrons. The highest BCUT2D eigenvalue weighted by Crippen LogP contribution is 2.29. The summed E-state index contributed by atoms with van der Waals surface area (Å²) in [5, 5.41) is 5.17. The molecular formula is C28H26Cl2N4O4S. The zero-order valence-corrected chi connectivity index (χ0v) is 23.8. The fourth-order valence-electron chi connectivity index (χ4n) is 4.07. The Bertz CT molecular complexity index is 1620. The number of halogens is 2. The third-order valence-corrected chi connectivity index (χ3v) is 8.33. The summed E-state index contributed by atoms with van der Waals surface area (Å²) in [5.74, 6) is -0.0604. The highest BCUT2D eigenvalue weighted by atomic mass is 35.5. The van der Waals surface area contributed by atoms with Crippen LogP contribution in [0.5, 0.6) is 5.75 Å². The minimum Gasteiger partial charge on any atom is -0.497 e. The van der Waals surface area contributed by atoms with Crippen LogP contribution in [-0.2, 0) is 14.8 Å². The first-order chi connectivity index (χ1) is 18.6. The van der Waals surface area contributed by atoms with E-state index in [0.29, 0.717) is 21.5 Å². The molecule has 4 rings (SSSR count). The fraction of sp³-hybridized carbons (Fsp3) is 0.143. The third-order valence-electron chi connectivity index (χ3n) is 5.99. The number of hydrazone groups is 1. The molecule has 8 nitrogen and oxygen atoms in total. The molecule has 0 aliphatic rings. The second-order valence-corrected chi connectivity index (χ2v) is 11.3. The molecule has 0 unspecified atom stereocenters. The molecule has 1 N–H and O–H groups in total. The van der Waals surface area contributed by atoms with E-state index in [0.717, 1.165) is 26.9 Å². The van der Waals surface area contributed by atoms with Gasteiger partial charge in [0, 0.05) is 22.0 Å². The second-order valence-electron chi connectivity index (χ2n) is 8.57. The van der Waals surface area contributed by atoms with Crippen LogP contribution in [0.3, 0.4) is 0 Å². The van der Waals surface area contributed by atoms with Crippen LogP contribution in [0.25, 0.3) is 5.69 Å². The van der Waals surface area contributed by atoms with Crippen LogP contribution in [-0.4, -0.2) is 38.8 Å². The van der Waals surface area contributed by atoms with Crippen molar-refractivity contribution in [2.24, 2.45) is 5.10 Å². The number of aryl methyl sites for hydroxylation is 1. The number of nitrogens with one attached hydrogen (secondary N) is 1. The van der Waals surface area contributed by atoms with Crippen molar-refractivity contribution < 1.29 is 17.9 Å². The zero-order valence-electron chi connectivity index (χ0n) is 21.4. The Kier molecular flexibility index (Phi) is 8.64. The van der Waals surface area contributed by atoms with Crippen molar-refractivity contribution in [2.75, 3.05) is 18.0 Å². The minimum atomic E-state index is -4.04. The number of methoxy groups -OCH3 is 1. The van der Waals surface area contributed by atoms with E-state index in [4.69, 9.17) is 27.9 Å². The van der Waals surface area contributed by atoms with E-state index in [9.17, 15) is 13.2 Å². The Morgan fingerprint density at radius 2 is 1.72 bits per heavy atom. The van der Waals surface area contributed by atoms with E-state index >= 15 is 0 Å². The fourth-order valence-corrected chi connectivity index (χ4v) is 5.88. The van der Waals surface area contributed by atoms with E-state index in [2.05, 4.69) is 10.5 Å². The molecule has 0 atom stereocenters. The highest BCUT2D eigenvalue weighted by molar-refractivity contribution is 7.92. The van der Waals surface area contributed by atoms with Crippen molar-refractivity contribution in [1.82, 2.24) is 9.99 Å². The summed E-state index contributed by atoms with van der Waals surface area (Å²) in [5.41, 5.74) is 5.94. The number of carbonyl (C=O) groups excluding carboxylic acids is 1. The normalized spacial score (nSPS) is 11.5. The van der Waals surface area contributed by atoms with Gasteiger partial charge in [0.05, 0.1) is 34.6 Å². The van der Waals surface area contributed by atoms with Gasteiger partial charge in [-0.25, -0.2) is 13.8 Å². The van der Waals surface area contributed by atoms with Crippen LogP contribution in [0.4, 0.5) is 5.69 Å². The molecule has 1 heterocycles. The summed E-state index contributed by atoms with van der Waals surface area (Å²) in [7, 11) is -2.53. The maximum Gasteiger partial charge on any atom is 0.264 e. The van der Waals surface area contributed by atoms with Crippen molar-refractivity contribution in [3.63, 3.8) is 0 Å². The first-order valence-electron chi connectivity index (χ1n) is 11.8. The van der Waals surface area contributed by atoms with Gasteiger partial charge in [0.2, 0.25) is 0 Å². The number of hydrogen-bond donors (Lipinski definition) is 1. The summed E-state index contributed by atoms with van der Waals surface area (Å²) in [6.07, 6.45) is 1.50. The van der Waals surface area contributed by atoms with Crippen LogP contribution in [0.15, 0.2) is 88.9 Å². The lowest BCUT2D eigenvalue weighted by atomic mass is 10.2. The number of anilines is 1. The smallest absolute Gasteiger partial charge is 0.264 e. The Morgan fingerprint density at radius 1 is 1.03 bits per heavy atom. The lowest BCUT2D eigenvalue weighted by Gasteiger charge is -2.23. The quantitative estimate of drug-likeness (QED) is 0.200. The summed E-state index contributed by atoms with van der Waals surface area (Å²) in [6, 6.07) is 21.4. The van der Waals surface area contributed by atoms with Gasteiger partial charge in [-0.05, 0) is 74.5 Å². The van der Waals surface area contributed by atoms with Gasteiger partial charge >= 0.3 is 0 Å². The predicted molar refractivity (Wildman–Crippen MR) is 155 cm³/mol. The molecule has 0 bridgehead atoms. The van der Waals surface area contributed by atoms with Crippen LogP contribution >= 0.6 is 23.2 Å². The summed E-state index contributed by atoms with van der Waals surface area (Å²) >= 11 is 12.6. The van der Waals surface area contributed by atoms with E-state index in [1.165, 1.54) is 25.5 Å². The average Bonchev–Trinajstić information content (AvgIpc) is 3.21. The zero-order chi connectivity index (χ0) is 28.2. The molecule has 0 aliphatic heterocycles. The van der Waals surface area contributed by atoms with Gasteiger partial charge in [-0.3, -0.25) is 9.10 Å². The first kappa shape index (κ1) is 28.2.